The molecule has 0 fully saturated rings. The van der Waals surface area contributed by atoms with Crippen molar-refractivity contribution in [1.29, 1.82) is 0 Å². The van der Waals surface area contributed by atoms with Gasteiger partial charge in [0.2, 0.25) is 0 Å². The maximum atomic E-state index is 12.4. The second-order valence-electron chi connectivity index (χ2n) is 5.83. The Morgan fingerprint density at radius 2 is 1.04 bits per heavy atom. The van der Waals surface area contributed by atoms with Crippen LogP contribution in [0.2, 0.25) is 0 Å². The molecular formula is C18H22N4O2Se2. The number of carbonyl (C=O) groups excluding carboxylic acids is 2. The molecule has 8 heteroatoms. The van der Waals surface area contributed by atoms with E-state index in [1.807, 2.05) is 48.5 Å². The molecule has 0 aliphatic carbocycles. The van der Waals surface area contributed by atoms with E-state index in [2.05, 4.69) is 10.9 Å². The zero-order chi connectivity index (χ0) is 19.1. The van der Waals surface area contributed by atoms with Gasteiger partial charge in [-0.1, -0.05) is 0 Å². The number of hydrazine groups is 2. The van der Waals surface area contributed by atoms with E-state index in [0.717, 1.165) is 8.92 Å². The summed E-state index contributed by atoms with van der Waals surface area (Å²) in [7, 11) is 7.15. The van der Waals surface area contributed by atoms with Crippen molar-refractivity contribution in [2.24, 2.45) is 0 Å². The van der Waals surface area contributed by atoms with Gasteiger partial charge >= 0.3 is 165 Å². The predicted octanol–water partition coefficient (Wildman–Crippen LogP) is -0.626. The fourth-order valence-electron chi connectivity index (χ4n) is 2.07. The van der Waals surface area contributed by atoms with Crippen molar-refractivity contribution in [3.8, 4) is 0 Å². The van der Waals surface area contributed by atoms with Gasteiger partial charge in [-0.05, 0) is 0 Å². The van der Waals surface area contributed by atoms with Crippen molar-refractivity contribution in [3.63, 3.8) is 0 Å². The summed E-state index contributed by atoms with van der Waals surface area (Å²) in [6.45, 7) is 0. The quantitative estimate of drug-likeness (QED) is 0.406. The zero-order valence-electron chi connectivity index (χ0n) is 15.1. The van der Waals surface area contributed by atoms with Crippen molar-refractivity contribution in [1.82, 2.24) is 20.9 Å². The fourth-order valence-corrected chi connectivity index (χ4v) is 9.19. The van der Waals surface area contributed by atoms with Crippen molar-refractivity contribution in [3.05, 3.63) is 59.7 Å². The predicted molar refractivity (Wildman–Crippen MR) is 106 cm³/mol. The molecule has 2 rings (SSSR count). The van der Waals surface area contributed by atoms with Crippen LogP contribution in [0.1, 0.15) is 20.7 Å². The van der Waals surface area contributed by atoms with E-state index in [9.17, 15) is 9.59 Å². The van der Waals surface area contributed by atoms with E-state index in [0.29, 0.717) is 11.1 Å². The third-order valence-corrected chi connectivity index (χ3v) is 10.4. The van der Waals surface area contributed by atoms with Gasteiger partial charge in [-0.25, -0.2) is 0 Å². The molecule has 0 unspecified atom stereocenters. The van der Waals surface area contributed by atoms with Gasteiger partial charge in [-0.3, -0.25) is 0 Å². The Morgan fingerprint density at radius 3 is 1.38 bits per heavy atom. The molecule has 0 bridgehead atoms. The molecule has 0 spiro atoms. The molecule has 2 N–H and O–H groups in total. The summed E-state index contributed by atoms with van der Waals surface area (Å²) in [4.78, 5) is 24.8. The van der Waals surface area contributed by atoms with Crippen molar-refractivity contribution < 1.29 is 9.59 Å². The Labute approximate surface area is 165 Å². The van der Waals surface area contributed by atoms with Gasteiger partial charge in [0.25, 0.3) is 0 Å². The summed E-state index contributed by atoms with van der Waals surface area (Å²) < 4.78 is 2.09. The van der Waals surface area contributed by atoms with E-state index in [4.69, 9.17) is 0 Å². The number of rotatable bonds is 7. The van der Waals surface area contributed by atoms with Crippen LogP contribution in [0.3, 0.4) is 0 Å². The Bertz CT molecular complexity index is 716. The number of nitrogens with zero attached hydrogens (tertiary/aromatic N) is 2. The van der Waals surface area contributed by atoms with Gasteiger partial charge in [0.1, 0.15) is 0 Å². The molecule has 0 aromatic heterocycles. The normalized spacial score (nSPS) is 10.8. The third kappa shape index (κ3) is 5.95. The molecule has 0 atom stereocenters. The van der Waals surface area contributed by atoms with Crippen LogP contribution >= 0.6 is 0 Å². The molecule has 2 amide bonds. The van der Waals surface area contributed by atoms with Gasteiger partial charge in [0.05, 0.1) is 0 Å². The molecule has 0 heterocycles. The number of benzene rings is 2. The second kappa shape index (κ2) is 9.88. The van der Waals surface area contributed by atoms with Crippen LogP contribution < -0.4 is 19.8 Å². The van der Waals surface area contributed by atoms with E-state index < -0.39 is 0 Å². The van der Waals surface area contributed by atoms with Crippen LogP contribution in [0.5, 0.6) is 0 Å². The molecule has 0 saturated carbocycles. The molecular weight excluding hydrogens is 462 g/mol. The molecule has 2 aromatic carbocycles. The summed E-state index contributed by atoms with van der Waals surface area (Å²) >= 11 is 0.170. The summed E-state index contributed by atoms with van der Waals surface area (Å²) in [5, 5.41) is 3.27. The summed E-state index contributed by atoms with van der Waals surface area (Å²) in [5.74, 6) is -0.219. The summed E-state index contributed by atoms with van der Waals surface area (Å²) in [6, 6.07) is 15.3. The second-order valence-corrected chi connectivity index (χ2v) is 12.0. The van der Waals surface area contributed by atoms with Crippen LogP contribution in [0, 0.1) is 0 Å². The minimum atomic E-state index is -0.109. The number of nitrogens with one attached hydrogen (secondary N) is 2. The van der Waals surface area contributed by atoms with E-state index in [1.165, 1.54) is 0 Å². The number of hydrogen-bond donors (Lipinski definition) is 2. The molecule has 138 valence electrons. The van der Waals surface area contributed by atoms with Crippen LogP contribution in [0.25, 0.3) is 0 Å². The standard InChI is InChI=1S/C18H22N4O2Se2/c1-21(2)19-17(23)13-9-5-7-11-15(13)25-26-16-12-8-6-10-14(16)18(24)20-22(3)4/h5-12H,1-4H3,(H,19,23)(H,20,24). The summed E-state index contributed by atoms with van der Waals surface area (Å²) in [5.41, 5.74) is 6.97. The number of amides is 2. The monoisotopic (exact) mass is 486 g/mol. The maximum absolute atomic E-state index is 12.4. The van der Waals surface area contributed by atoms with Gasteiger partial charge in [-0.15, -0.1) is 0 Å². The van der Waals surface area contributed by atoms with Gasteiger partial charge in [0.15, 0.2) is 0 Å². The van der Waals surface area contributed by atoms with Crippen molar-refractivity contribution in [2.45, 2.75) is 0 Å². The molecule has 26 heavy (non-hydrogen) atoms. The average molecular weight is 484 g/mol. The number of carbonyl (C=O) groups is 2. The first-order valence-corrected chi connectivity index (χ1v) is 13.9. The first kappa shape index (κ1) is 20.6. The molecule has 6 nitrogen and oxygen atoms in total. The molecule has 0 aliphatic heterocycles. The van der Waals surface area contributed by atoms with Crippen LogP contribution in [0.4, 0.5) is 0 Å². The molecule has 0 radical (unpaired) electrons. The van der Waals surface area contributed by atoms with Gasteiger partial charge in [0, 0.05) is 0 Å². The minimum absolute atomic E-state index is 0.0851. The average Bonchev–Trinajstić information content (AvgIpc) is 2.59. The summed E-state index contributed by atoms with van der Waals surface area (Å²) in [6.07, 6.45) is 0. The zero-order valence-corrected chi connectivity index (χ0v) is 18.6. The molecule has 2 aromatic rings. The Morgan fingerprint density at radius 1 is 0.692 bits per heavy atom. The van der Waals surface area contributed by atoms with E-state index >= 15 is 0 Å². The molecule has 0 saturated heterocycles. The third-order valence-electron chi connectivity index (χ3n) is 3.13. The van der Waals surface area contributed by atoms with Crippen LogP contribution in [-0.2, 0) is 0 Å². The van der Waals surface area contributed by atoms with Gasteiger partial charge in [-0.2, -0.15) is 0 Å². The first-order chi connectivity index (χ1) is 12.4. The van der Waals surface area contributed by atoms with Crippen molar-refractivity contribution >= 4 is 47.0 Å². The Hall–Kier alpha value is -1.66. The van der Waals surface area contributed by atoms with E-state index in [1.54, 1.807) is 38.2 Å². The van der Waals surface area contributed by atoms with Gasteiger partial charge < -0.3 is 0 Å². The Kier molecular flexibility index (Phi) is 7.84. The number of hydrogen-bond acceptors (Lipinski definition) is 4. The fraction of sp³-hybridized carbons (Fsp3) is 0.222. The molecule has 0 aliphatic rings. The SMILES string of the molecule is CN(C)NC(=O)c1ccccc1[Se][Se]c1ccccc1C(=O)NN(C)C. The first-order valence-electron chi connectivity index (χ1n) is 7.87. The Balaban J connectivity index is 2.18. The van der Waals surface area contributed by atoms with Crippen molar-refractivity contribution in [2.75, 3.05) is 28.2 Å². The van der Waals surface area contributed by atoms with Crippen LogP contribution in [-0.4, -0.2) is 76.3 Å². The van der Waals surface area contributed by atoms with Crippen LogP contribution in [0.15, 0.2) is 48.5 Å². The van der Waals surface area contributed by atoms with E-state index in [-0.39, 0.29) is 38.1 Å². The topological polar surface area (TPSA) is 64.7 Å².